The van der Waals surface area contributed by atoms with E-state index in [2.05, 4.69) is 13.8 Å². The first-order valence-electron chi connectivity index (χ1n) is 11.6. The molecule has 1 aliphatic rings. The first-order valence-corrected chi connectivity index (χ1v) is 12.0. The van der Waals surface area contributed by atoms with Gasteiger partial charge in [-0.2, -0.15) is 0 Å². The normalized spacial score (nSPS) is 15.2. The van der Waals surface area contributed by atoms with Crippen LogP contribution in [0.1, 0.15) is 53.6 Å². The number of carbonyl (C=O) groups excluding carboxylic acids is 1. The zero-order valence-corrected chi connectivity index (χ0v) is 21.4. The molecule has 0 N–H and O–H groups in total. The van der Waals surface area contributed by atoms with Crippen molar-refractivity contribution >= 4 is 28.5 Å². The van der Waals surface area contributed by atoms with Crippen LogP contribution >= 0.6 is 11.6 Å². The summed E-state index contributed by atoms with van der Waals surface area (Å²) in [5.74, 6) is 1.22. The number of halogens is 1. The molecule has 186 valence electrons. The molecule has 4 rings (SSSR count). The van der Waals surface area contributed by atoms with Gasteiger partial charge in [0.1, 0.15) is 5.58 Å². The Labute approximate surface area is 209 Å². The lowest BCUT2D eigenvalue weighted by Gasteiger charge is -2.25. The molecule has 1 amide bonds. The van der Waals surface area contributed by atoms with Gasteiger partial charge in [0.05, 0.1) is 30.7 Å². The molecule has 0 fully saturated rings. The number of aryl methyl sites for hydroxylation is 1. The number of ether oxygens (including phenoxy) is 3. The second-order valence-electron chi connectivity index (χ2n) is 9.13. The Bertz CT molecular complexity index is 1320. The molecule has 0 saturated carbocycles. The average Bonchev–Trinajstić information content (AvgIpc) is 3.11. The number of hydrogen-bond acceptors (Lipinski definition) is 6. The third-order valence-corrected chi connectivity index (χ3v) is 6.48. The van der Waals surface area contributed by atoms with Crippen molar-refractivity contribution in [2.24, 2.45) is 5.92 Å². The summed E-state index contributed by atoms with van der Waals surface area (Å²) in [6.45, 7) is 7.38. The van der Waals surface area contributed by atoms with Crippen LogP contribution in [-0.2, 0) is 4.74 Å². The van der Waals surface area contributed by atoms with Gasteiger partial charge in [0.2, 0.25) is 5.76 Å². The minimum Gasteiger partial charge on any atom is -0.493 e. The van der Waals surface area contributed by atoms with Crippen molar-refractivity contribution in [3.05, 3.63) is 68.0 Å². The summed E-state index contributed by atoms with van der Waals surface area (Å²) in [5.41, 5.74) is 1.88. The van der Waals surface area contributed by atoms with Crippen molar-refractivity contribution < 1.29 is 23.4 Å². The van der Waals surface area contributed by atoms with Crippen LogP contribution in [0.5, 0.6) is 11.5 Å². The SMILES string of the molecule is COCCCN1C(=O)c2oc3cc(C)c(Cl)cc3c(=O)c2C1c1ccc(OCC(C)C)c(OC)c1. The lowest BCUT2D eigenvalue weighted by atomic mass is 9.97. The van der Waals surface area contributed by atoms with E-state index in [0.717, 1.165) is 11.1 Å². The van der Waals surface area contributed by atoms with E-state index in [0.29, 0.717) is 65.2 Å². The Morgan fingerprint density at radius 3 is 2.57 bits per heavy atom. The average molecular weight is 500 g/mol. The summed E-state index contributed by atoms with van der Waals surface area (Å²) in [6, 6.07) is 8.16. The van der Waals surface area contributed by atoms with E-state index in [1.807, 2.05) is 25.1 Å². The quantitative estimate of drug-likeness (QED) is 0.368. The van der Waals surface area contributed by atoms with Crippen LogP contribution in [-0.4, -0.2) is 44.8 Å². The predicted molar refractivity (Wildman–Crippen MR) is 135 cm³/mol. The van der Waals surface area contributed by atoms with Gasteiger partial charge < -0.3 is 23.5 Å². The van der Waals surface area contributed by atoms with E-state index in [9.17, 15) is 9.59 Å². The molecule has 3 aromatic rings. The van der Waals surface area contributed by atoms with Crippen LogP contribution < -0.4 is 14.9 Å². The van der Waals surface area contributed by atoms with Gasteiger partial charge in [0, 0.05) is 25.3 Å². The molecule has 0 radical (unpaired) electrons. The summed E-state index contributed by atoms with van der Waals surface area (Å²) in [6.07, 6.45) is 0.609. The van der Waals surface area contributed by atoms with Crippen molar-refractivity contribution in [3.8, 4) is 11.5 Å². The molecule has 0 aliphatic carbocycles. The van der Waals surface area contributed by atoms with Crippen LogP contribution in [0.25, 0.3) is 11.0 Å². The van der Waals surface area contributed by atoms with Gasteiger partial charge in [-0.15, -0.1) is 0 Å². The molecule has 35 heavy (non-hydrogen) atoms. The van der Waals surface area contributed by atoms with Crippen molar-refractivity contribution in [2.75, 3.05) is 34.0 Å². The van der Waals surface area contributed by atoms with Crippen molar-refractivity contribution in [1.82, 2.24) is 4.90 Å². The molecule has 0 saturated heterocycles. The summed E-state index contributed by atoms with van der Waals surface area (Å²) >= 11 is 6.31. The van der Waals surface area contributed by atoms with Crippen LogP contribution in [0.3, 0.4) is 0 Å². The summed E-state index contributed by atoms with van der Waals surface area (Å²) in [4.78, 5) is 28.9. The third kappa shape index (κ3) is 4.75. The first kappa shape index (κ1) is 25.1. The third-order valence-electron chi connectivity index (χ3n) is 6.07. The van der Waals surface area contributed by atoms with E-state index in [1.165, 1.54) is 0 Å². The van der Waals surface area contributed by atoms with Crippen molar-refractivity contribution in [2.45, 2.75) is 33.2 Å². The Balaban J connectivity index is 1.87. The molecule has 1 unspecified atom stereocenters. The zero-order chi connectivity index (χ0) is 25.3. The fraction of sp³-hybridized carbons (Fsp3) is 0.407. The lowest BCUT2D eigenvalue weighted by molar-refractivity contribution is 0.0707. The molecular weight excluding hydrogens is 470 g/mol. The number of hydrogen-bond donors (Lipinski definition) is 0. The molecule has 2 aromatic carbocycles. The zero-order valence-electron chi connectivity index (χ0n) is 20.6. The smallest absolute Gasteiger partial charge is 0.290 e. The van der Waals surface area contributed by atoms with Crippen LogP contribution in [0, 0.1) is 12.8 Å². The summed E-state index contributed by atoms with van der Waals surface area (Å²) in [5, 5.41) is 0.815. The number of fused-ring (bicyclic) bond motifs is 2. The highest BCUT2D eigenvalue weighted by atomic mass is 35.5. The molecular formula is C27H30ClNO6. The van der Waals surface area contributed by atoms with E-state index in [-0.39, 0.29) is 17.1 Å². The first-order chi connectivity index (χ1) is 16.8. The number of benzene rings is 2. The highest BCUT2D eigenvalue weighted by molar-refractivity contribution is 6.32. The van der Waals surface area contributed by atoms with Gasteiger partial charge in [0.15, 0.2) is 16.9 Å². The standard InChI is InChI=1S/C27H30ClNO6/c1-15(2)14-34-20-8-7-17(12-22(20)33-5)24-23-25(30)18-13-19(28)16(3)11-21(18)35-26(23)27(31)29(24)9-6-10-32-4/h7-8,11-13,15,24H,6,9-10,14H2,1-5H3. The topological polar surface area (TPSA) is 78.2 Å². The largest absolute Gasteiger partial charge is 0.493 e. The minimum atomic E-state index is -0.636. The van der Waals surface area contributed by atoms with E-state index >= 15 is 0 Å². The highest BCUT2D eigenvalue weighted by Gasteiger charge is 2.42. The second kappa shape index (κ2) is 10.3. The number of amides is 1. The molecule has 0 bridgehead atoms. The Kier molecular flexibility index (Phi) is 7.38. The number of carbonyl (C=O) groups is 1. The highest BCUT2D eigenvalue weighted by Crippen LogP contribution is 2.41. The van der Waals surface area contributed by atoms with Crippen molar-refractivity contribution in [3.63, 3.8) is 0 Å². The Morgan fingerprint density at radius 1 is 1.11 bits per heavy atom. The van der Waals surface area contributed by atoms with Gasteiger partial charge in [0.25, 0.3) is 5.91 Å². The molecule has 1 aliphatic heterocycles. The fourth-order valence-electron chi connectivity index (χ4n) is 4.33. The van der Waals surface area contributed by atoms with Crippen LogP contribution in [0.4, 0.5) is 0 Å². The lowest BCUT2D eigenvalue weighted by Crippen LogP contribution is -2.31. The maximum Gasteiger partial charge on any atom is 0.290 e. The molecule has 8 heteroatoms. The van der Waals surface area contributed by atoms with Gasteiger partial charge in [-0.05, 0) is 54.7 Å². The van der Waals surface area contributed by atoms with E-state index < -0.39 is 6.04 Å². The monoisotopic (exact) mass is 499 g/mol. The van der Waals surface area contributed by atoms with Gasteiger partial charge in [-0.1, -0.05) is 31.5 Å². The van der Waals surface area contributed by atoms with Gasteiger partial charge in [-0.25, -0.2) is 0 Å². The summed E-state index contributed by atoms with van der Waals surface area (Å²) < 4.78 is 22.7. The predicted octanol–water partition coefficient (Wildman–Crippen LogP) is 5.38. The molecule has 2 heterocycles. The van der Waals surface area contributed by atoms with Crippen LogP contribution in [0.2, 0.25) is 5.02 Å². The number of methoxy groups -OCH3 is 2. The van der Waals surface area contributed by atoms with Crippen LogP contribution in [0.15, 0.2) is 39.5 Å². The maximum absolute atomic E-state index is 13.7. The van der Waals surface area contributed by atoms with Gasteiger partial charge in [-0.3, -0.25) is 9.59 Å². The second-order valence-corrected chi connectivity index (χ2v) is 9.54. The minimum absolute atomic E-state index is 0.0609. The van der Waals surface area contributed by atoms with Crippen molar-refractivity contribution in [1.29, 1.82) is 0 Å². The van der Waals surface area contributed by atoms with E-state index in [4.69, 9.17) is 30.2 Å². The Morgan fingerprint density at radius 2 is 1.89 bits per heavy atom. The van der Waals surface area contributed by atoms with E-state index in [1.54, 1.807) is 31.3 Å². The molecule has 0 spiro atoms. The number of rotatable bonds is 9. The molecule has 1 aromatic heterocycles. The Hall–Kier alpha value is -3.03. The number of nitrogens with zero attached hydrogens (tertiary/aromatic N) is 1. The fourth-order valence-corrected chi connectivity index (χ4v) is 4.49. The van der Waals surface area contributed by atoms with Gasteiger partial charge >= 0.3 is 0 Å². The molecule has 7 nitrogen and oxygen atoms in total. The maximum atomic E-state index is 13.7. The molecule has 1 atom stereocenters. The summed E-state index contributed by atoms with van der Waals surface area (Å²) in [7, 11) is 3.18.